The van der Waals surface area contributed by atoms with E-state index in [0.29, 0.717) is 0 Å². The molecule has 0 saturated heterocycles. The normalized spacial score (nSPS) is 10.0. The highest BCUT2D eigenvalue weighted by molar-refractivity contribution is 7.12. The number of carbonyl (C=O) groups is 2. The molecule has 2 aromatic heterocycles. The van der Waals surface area contributed by atoms with E-state index < -0.39 is 11.9 Å². The number of thiophene rings is 1. The lowest BCUT2D eigenvalue weighted by Gasteiger charge is -2.05. The molecule has 0 aliphatic carbocycles. The van der Waals surface area contributed by atoms with E-state index in [0.717, 1.165) is 17.5 Å². The Morgan fingerprint density at radius 1 is 1.33 bits per heavy atom. The van der Waals surface area contributed by atoms with Crippen LogP contribution >= 0.6 is 11.3 Å². The summed E-state index contributed by atoms with van der Waals surface area (Å²) in [7, 11) is 0. The Labute approximate surface area is 106 Å². The maximum atomic E-state index is 11.8. The van der Waals surface area contributed by atoms with E-state index in [9.17, 15) is 14.7 Å². The van der Waals surface area contributed by atoms with Crippen LogP contribution in [0.15, 0.2) is 29.9 Å². The van der Waals surface area contributed by atoms with Crippen molar-refractivity contribution < 1.29 is 19.8 Å². The minimum absolute atomic E-state index is 0.0348. The molecular formula is C11H8N2O4S. The summed E-state index contributed by atoms with van der Waals surface area (Å²) in [5.74, 6) is -1.96. The molecule has 0 aromatic carbocycles. The summed E-state index contributed by atoms with van der Waals surface area (Å²) in [6.07, 6.45) is 2.50. The number of hydrogen-bond acceptors (Lipinski definition) is 5. The third-order valence-electron chi connectivity index (χ3n) is 2.15. The number of carboxylic acids is 1. The predicted octanol–water partition coefficient (Wildman–Crippen LogP) is 1.80. The molecule has 7 heteroatoms. The Bertz CT molecular complexity index is 609. The van der Waals surface area contributed by atoms with Crippen LogP contribution in [0.25, 0.3) is 0 Å². The monoisotopic (exact) mass is 264 g/mol. The first kappa shape index (κ1) is 12.1. The Morgan fingerprint density at radius 3 is 2.78 bits per heavy atom. The van der Waals surface area contributed by atoms with Gasteiger partial charge in [0.05, 0.1) is 17.4 Å². The van der Waals surface area contributed by atoms with Gasteiger partial charge in [-0.1, -0.05) is 0 Å². The second kappa shape index (κ2) is 4.84. The fourth-order valence-corrected chi connectivity index (χ4v) is 2.03. The molecule has 0 atom stereocenters. The number of carbonyl (C=O) groups excluding carboxylic acids is 1. The summed E-state index contributed by atoms with van der Waals surface area (Å²) in [6, 6.07) is 2.84. The van der Waals surface area contributed by atoms with Crippen molar-refractivity contribution in [2.24, 2.45) is 0 Å². The van der Waals surface area contributed by atoms with Crippen LogP contribution in [0.4, 0.5) is 5.69 Å². The molecule has 3 N–H and O–H groups in total. The van der Waals surface area contributed by atoms with Crippen LogP contribution in [-0.2, 0) is 0 Å². The van der Waals surface area contributed by atoms with Crippen molar-refractivity contribution in [2.45, 2.75) is 0 Å². The maximum absolute atomic E-state index is 11.8. The number of pyridine rings is 1. The molecule has 0 spiro atoms. The van der Waals surface area contributed by atoms with Gasteiger partial charge in [0.1, 0.15) is 10.6 Å². The third-order valence-corrected chi connectivity index (χ3v) is 3.05. The summed E-state index contributed by atoms with van der Waals surface area (Å²) in [5, 5.41) is 22.3. The topological polar surface area (TPSA) is 99.5 Å². The molecule has 2 heterocycles. The lowest BCUT2D eigenvalue weighted by molar-refractivity contribution is 0.0703. The van der Waals surface area contributed by atoms with Crippen molar-refractivity contribution in [1.29, 1.82) is 0 Å². The van der Waals surface area contributed by atoms with Crippen molar-refractivity contribution in [1.82, 2.24) is 4.98 Å². The maximum Gasteiger partial charge on any atom is 0.348 e. The number of nitrogens with one attached hydrogen (secondary N) is 1. The van der Waals surface area contributed by atoms with Crippen LogP contribution in [0.1, 0.15) is 20.0 Å². The van der Waals surface area contributed by atoms with E-state index in [1.165, 1.54) is 18.3 Å². The van der Waals surface area contributed by atoms with Gasteiger partial charge in [-0.05, 0) is 17.5 Å². The highest BCUT2D eigenvalue weighted by Crippen LogP contribution is 2.24. The van der Waals surface area contributed by atoms with Gasteiger partial charge < -0.3 is 15.5 Å². The van der Waals surface area contributed by atoms with Crippen LogP contribution in [-0.4, -0.2) is 27.1 Å². The van der Waals surface area contributed by atoms with Gasteiger partial charge >= 0.3 is 5.97 Å². The second-order valence-electron chi connectivity index (χ2n) is 3.32. The molecule has 0 fully saturated rings. The molecule has 2 aromatic rings. The summed E-state index contributed by atoms with van der Waals surface area (Å²) in [5.41, 5.74) is 0.237. The molecular weight excluding hydrogens is 256 g/mol. The minimum atomic E-state index is -1.11. The number of nitrogens with zero attached hydrogens (tertiary/aromatic N) is 1. The number of aromatic carboxylic acids is 1. The third kappa shape index (κ3) is 2.30. The van der Waals surface area contributed by atoms with Crippen LogP contribution in [0, 0.1) is 0 Å². The first-order chi connectivity index (χ1) is 8.59. The van der Waals surface area contributed by atoms with E-state index in [-0.39, 0.29) is 21.9 Å². The van der Waals surface area contributed by atoms with Gasteiger partial charge in [0.2, 0.25) is 0 Å². The van der Waals surface area contributed by atoms with E-state index >= 15 is 0 Å². The molecule has 92 valence electrons. The molecule has 18 heavy (non-hydrogen) atoms. The lowest BCUT2D eigenvalue weighted by Crippen LogP contribution is -2.13. The highest BCUT2D eigenvalue weighted by Gasteiger charge is 2.16. The number of carboxylic acid groups (broad SMARTS) is 1. The predicted molar refractivity (Wildman–Crippen MR) is 65.1 cm³/mol. The average Bonchev–Trinajstić information content (AvgIpc) is 2.77. The van der Waals surface area contributed by atoms with Crippen LogP contribution in [0.2, 0.25) is 0 Å². The first-order valence-electron chi connectivity index (χ1n) is 4.84. The summed E-state index contributed by atoms with van der Waals surface area (Å²) >= 11 is 1.01. The fraction of sp³-hybridized carbons (Fsp3) is 0. The summed E-state index contributed by atoms with van der Waals surface area (Å²) in [4.78, 5) is 26.4. The zero-order valence-corrected chi connectivity index (χ0v) is 9.77. The second-order valence-corrected chi connectivity index (χ2v) is 4.23. The SMILES string of the molecule is O=C(Nc1ccsc1C(=O)O)c1ccncc1O. The number of aromatic hydroxyl groups is 1. The quantitative estimate of drug-likeness (QED) is 0.785. The van der Waals surface area contributed by atoms with Crippen LogP contribution in [0.3, 0.4) is 0 Å². The summed E-state index contributed by atoms with van der Waals surface area (Å²) < 4.78 is 0. The number of aromatic nitrogens is 1. The number of hydrogen-bond donors (Lipinski definition) is 3. The number of rotatable bonds is 3. The molecule has 0 radical (unpaired) electrons. The van der Waals surface area contributed by atoms with Crippen molar-refractivity contribution in [3.8, 4) is 5.75 Å². The largest absolute Gasteiger partial charge is 0.505 e. The fourth-order valence-electron chi connectivity index (χ4n) is 1.34. The Hall–Kier alpha value is -2.41. The van der Waals surface area contributed by atoms with Gasteiger partial charge in [-0.3, -0.25) is 9.78 Å². The molecule has 1 amide bonds. The van der Waals surface area contributed by atoms with E-state index in [1.807, 2.05) is 0 Å². The van der Waals surface area contributed by atoms with Gasteiger partial charge in [0, 0.05) is 6.20 Å². The van der Waals surface area contributed by atoms with Crippen LogP contribution in [0.5, 0.6) is 5.75 Å². The van der Waals surface area contributed by atoms with E-state index in [4.69, 9.17) is 5.11 Å². The summed E-state index contributed by atoms with van der Waals surface area (Å²) in [6.45, 7) is 0. The smallest absolute Gasteiger partial charge is 0.348 e. The van der Waals surface area contributed by atoms with E-state index in [2.05, 4.69) is 10.3 Å². The first-order valence-corrected chi connectivity index (χ1v) is 5.72. The molecule has 0 unspecified atom stereocenters. The van der Waals surface area contributed by atoms with Gasteiger partial charge in [-0.15, -0.1) is 11.3 Å². The number of amides is 1. The molecule has 0 aliphatic rings. The molecule has 2 rings (SSSR count). The Balaban J connectivity index is 2.25. The standard InChI is InChI=1S/C11H8N2O4S/c14-8-5-12-3-1-6(8)10(15)13-7-2-4-18-9(7)11(16)17/h1-5,14H,(H,13,15)(H,16,17). The van der Waals surface area contributed by atoms with Gasteiger partial charge in [0.15, 0.2) is 0 Å². The lowest BCUT2D eigenvalue weighted by atomic mass is 10.2. The van der Waals surface area contributed by atoms with Gasteiger partial charge in [-0.25, -0.2) is 4.79 Å². The Morgan fingerprint density at radius 2 is 2.11 bits per heavy atom. The molecule has 0 saturated carbocycles. The zero-order valence-electron chi connectivity index (χ0n) is 8.95. The Kier molecular flexibility index (Phi) is 3.24. The number of anilines is 1. The van der Waals surface area contributed by atoms with Gasteiger partial charge in [-0.2, -0.15) is 0 Å². The van der Waals surface area contributed by atoms with Gasteiger partial charge in [0.25, 0.3) is 5.91 Å². The highest BCUT2D eigenvalue weighted by atomic mass is 32.1. The minimum Gasteiger partial charge on any atom is -0.505 e. The van der Waals surface area contributed by atoms with E-state index in [1.54, 1.807) is 5.38 Å². The van der Waals surface area contributed by atoms with Crippen molar-refractivity contribution in [3.63, 3.8) is 0 Å². The van der Waals surface area contributed by atoms with Crippen LogP contribution < -0.4 is 5.32 Å². The zero-order chi connectivity index (χ0) is 13.1. The average molecular weight is 264 g/mol. The molecule has 0 aliphatic heterocycles. The van der Waals surface area contributed by atoms with Crippen molar-refractivity contribution in [2.75, 3.05) is 5.32 Å². The van der Waals surface area contributed by atoms with Crippen molar-refractivity contribution >= 4 is 28.9 Å². The van der Waals surface area contributed by atoms with Crippen molar-refractivity contribution in [3.05, 3.63) is 40.3 Å². The molecule has 6 nitrogen and oxygen atoms in total. The molecule has 0 bridgehead atoms.